The first-order chi connectivity index (χ1) is 12.6. The van der Waals surface area contributed by atoms with E-state index in [4.69, 9.17) is 0 Å². The molecule has 3 aromatic rings. The first kappa shape index (κ1) is 18.1. The number of anilines is 2. The highest BCUT2D eigenvalue weighted by Gasteiger charge is 2.17. The maximum Gasteiger partial charge on any atom is 0.232 e. The second-order valence-corrected chi connectivity index (χ2v) is 6.99. The molecule has 4 nitrogen and oxygen atoms in total. The van der Waals surface area contributed by atoms with Crippen molar-refractivity contribution in [2.75, 3.05) is 10.7 Å². The summed E-state index contributed by atoms with van der Waals surface area (Å²) in [6.45, 7) is 3.91. The van der Waals surface area contributed by atoms with Crippen LogP contribution in [-0.4, -0.2) is 21.6 Å². The molecule has 0 bridgehead atoms. The van der Waals surface area contributed by atoms with Crippen molar-refractivity contribution in [3.05, 3.63) is 78.1 Å². The highest BCUT2D eigenvalue weighted by atomic mass is 32.2. The molecule has 0 unspecified atom stereocenters. The molecule has 5 heteroatoms. The van der Waals surface area contributed by atoms with Crippen molar-refractivity contribution in [1.29, 1.82) is 0 Å². The van der Waals surface area contributed by atoms with Crippen LogP contribution in [0, 0.1) is 13.8 Å². The first-order valence-electron chi connectivity index (χ1n) is 8.51. The van der Waals surface area contributed by atoms with Crippen LogP contribution in [-0.2, 0) is 4.79 Å². The van der Waals surface area contributed by atoms with E-state index < -0.39 is 0 Å². The molecule has 0 atom stereocenters. The topological polar surface area (TPSA) is 46.1 Å². The third kappa shape index (κ3) is 4.70. The minimum Gasteiger partial charge on any atom is -0.281 e. The molecule has 0 aliphatic carbocycles. The van der Waals surface area contributed by atoms with Crippen molar-refractivity contribution in [3.63, 3.8) is 0 Å². The lowest BCUT2D eigenvalue weighted by Gasteiger charge is -2.23. The fourth-order valence-corrected chi connectivity index (χ4v) is 3.57. The molecule has 0 saturated heterocycles. The Labute approximate surface area is 158 Å². The van der Waals surface area contributed by atoms with Gasteiger partial charge in [-0.05, 0) is 44.2 Å². The average Bonchev–Trinajstić information content (AvgIpc) is 2.63. The normalized spacial score (nSPS) is 10.5. The Morgan fingerprint density at radius 3 is 1.88 bits per heavy atom. The monoisotopic (exact) mass is 363 g/mol. The van der Waals surface area contributed by atoms with Crippen LogP contribution in [0.25, 0.3) is 0 Å². The molecule has 0 N–H and O–H groups in total. The predicted octanol–water partition coefficient (Wildman–Crippen LogP) is 4.94. The van der Waals surface area contributed by atoms with Crippen molar-refractivity contribution < 1.29 is 4.79 Å². The number of hydrogen-bond donors (Lipinski definition) is 0. The molecule has 2 aromatic carbocycles. The number of aromatic nitrogens is 2. The molecule has 3 rings (SSSR count). The average molecular weight is 363 g/mol. The number of carbonyl (C=O) groups excluding carboxylic acids is 1. The Balaban J connectivity index is 1.72. The van der Waals surface area contributed by atoms with Gasteiger partial charge < -0.3 is 0 Å². The van der Waals surface area contributed by atoms with Crippen molar-refractivity contribution in [2.45, 2.75) is 25.4 Å². The fourth-order valence-electron chi connectivity index (χ4n) is 2.69. The quantitative estimate of drug-likeness (QED) is 0.460. The van der Waals surface area contributed by atoms with E-state index in [1.807, 2.05) is 80.6 Å². The Morgan fingerprint density at radius 2 is 1.38 bits per heavy atom. The lowest BCUT2D eigenvalue weighted by molar-refractivity contribution is -0.117. The van der Waals surface area contributed by atoms with Crippen LogP contribution < -0.4 is 4.90 Å². The summed E-state index contributed by atoms with van der Waals surface area (Å²) in [7, 11) is 0. The standard InChI is InChI=1S/C21H21N3OS/c1-16-15-17(2)23-21(22-16)26-14-13-20(25)24(18-9-5-3-6-10-18)19-11-7-4-8-12-19/h3-12,15H,13-14H2,1-2H3. The number of aryl methyl sites for hydroxylation is 2. The number of amides is 1. The van der Waals surface area contributed by atoms with Crippen LogP contribution in [0.1, 0.15) is 17.8 Å². The van der Waals surface area contributed by atoms with Crippen LogP contribution in [0.4, 0.5) is 11.4 Å². The minimum absolute atomic E-state index is 0.0549. The molecular formula is C21H21N3OS. The minimum atomic E-state index is 0.0549. The lowest BCUT2D eigenvalue weighted by atomic mass is 10.2. The van der Waals surface area contributed by atoms with Gasteiger partial charge in [-0.2, -0.15) is 0 Å². The van der Waals surface area contributed by atoms with E-state index in [1.54, 1.807) is 4.90 Å². The number of thioether (sulfide) groups is 1. The fraction of sp³-hybridized carbons (Fsp3) is 0.190. The second-order valence-electron chi connectivity index (χ2n) is 5.93. The number of rotatable bonds is 6. The summed E-state index contributed by atoms with van der Waals surface area (Å²) in [4.78, 5) is 23.5. The van der Waals surface area contributed by atoms with Crippen molar-refractivity contribution in [1.82, 2.24) is 9.97 Å². The maximum absolute atomic E-state index is 12.9. The summed E-state index contributed by atoms with van der Waals surface area (Å²) in [5.74, 6) is 0.692. The summed E-state index contributed by atoms with van der Waals surface area (Å²) in [5.41, 5.74) is 3.63. The van der Waals surface area contributed by atoms with Crippen molar-refractivity contribution in [3.8, 4) is 0 Å². The molecule has 0 aliphatic heterocycles. The van der Waals surface area contributed by atoms with Gasteiger partial charge in [0.2, 0.25) is 5.91 Å². The van der Waals surface area contributed by atoms with Gasteiger partial charge in [0.1, 0.15) is 0 Å². The smallest absolute Gasteiger partial charge is 0.232 e. The van der Waals surface area contributed by atoms with E-state index in [0.717, 1.165) is 27.9 Å². The predicted molar refractivity (Wildman–Crippen MR) is 107 cm³/mol. The largest absolute Gasteiger partial charge is 0.281 e. The SMILES string of the molecule is Cc1cc(C)nc(SCCC(=O)N(c2ccccc2)c2ccccc2)n1. The molecule has 132 valence electrons. The van der Waals surface area contributed by atoms with E-state index >= 15 is 0 Å². The van der Waals surface area contributed by atoms with Gasteiger partial charge in [0.05, 0.1) is 0 Å². The van der Waals surface area contributed by atoms with E-state index in [0.29, 0.717) is 12.2 Å². The number of nitrogens with zero attached hydrogens (tertiary/aromatic N) is 3. The van der Waals surface area contributed by atoms with Crippen molar-refractivity contribution >= 4 is 29.0 Å². The highest BCUT2D eigenvalue weighted by molar-refractivity contribution is 7.99. The van der Waals surface area contributed by atoms with Gasteiger partial charge in [-0.3, -0.25) is 9.69 Å². The summed E-state index contributed by atoms with van der Waals surface area (Å²) in [5, 5.41) is 0.723. The zero-order chi connectivity index (χ0) is 18.4. The van der Waals surface area contributed by atoms with Gasteiger partial charge in [-0.1, -0.05) is 48.2 Å². The summed E-state index contributed by atoms with van der Waals surface area (Å²) in [6.07, 6.45) is 0.408. The van der Waals surface area contributed by atoms with Crippen molar-refractivity contribution in [2.24, 2.45) is 0 Å². The zero-order valence-electron chi connectivity index (χ0n) is 14.9. The molecule has 1 aromatic heterocycles. The lowest BCUT2D eigenvalue weighted by Crippen LogP contribution is -2.26. The van der Waals surface area contributed by atoms with E-state index in [9.17, 15) is 4.79 Å². The summed E-state index contributed by atoms with van der Waals surface area (Å²) >= 11 is 1.52. The highest BCUT2D eigenvalue weighted by Crippen LogP contribution is 2.26. The Kier molecular flexibility index (Phi) is 6.02. The first-order valence-corrected chi connectivity index (χ1v) is 9.50. The number of carbonyl (C=O) groups is 1. The van der Waals surface area contributed by atoms with Crippen LogP contribution in [0.5, 0.6) is 0 Å². The molecule has 1 heterocycles. The van der Waals surface area contributed by atoms with Crippen LogP contribution in [0.15, 0.2) is 71.9 Å². The summed E-state index contributed by atoms with van der Waals surface area (Å²) in [6, 6.07) is 21.4. The zero-order valence-corrected chi connectivity index (χ0v) is 15.7. The third-order valence-corrected chi connectivity index (χ3v) is 4.64. The van der Waals surface area contributed by atoms with Gasteiger partial charge in [-0.15, -0.1) is 0 Å². The molecule has 0 radical (unpaired) electrons. The summed E-state index contributed by atoms with van der Waals surface area (Å²) < 4.78 is 0. The molecule has 26 heavy (non-hydrogen) atoms. The molecular weight excluding hydrogens is 342 g/mol. The van der Waals surface area contributed by atoms with Crippen LogP contribution >= 0.6 is 11.8 Å². The van der Waals surface area contributed by atoms with Crippen LogP contribution in [0.3, 0.4) is 0 Å². The molecule has 0 saturated carbocycles. The molecule has 1 amide bonds. The number of benzene rings is 2. The van der Waals surface area contributed by atoms with Gasteiger partial charge in [-0.25, -0.2) is 9.97 Å². The third-order valence-electron chi connectivity index (χ3n) is 3.79. The maximum atomic E-state index is 12.9. The van der Waals surface area contributed by atoms with Gasteiger partial charge in [0, 0.05) is 34.9 Å². The van der Waals surface area contributed by atoms with Gasteiger partial charge in [0.15, 0.2) is 5.16 Å². The second kappa shape index (κ2) is 8.63. The number of hydrogen-bond acceptors (Lipinski definition) is 4. The van der Waals surface area contributed by atoms with Crippen LogP contribution in [0.2, 0.25) is 0 Å². The molecule has 0 aliphatic rings. The Bertz CT molecular complexity index is 809. The van der Waals surface area contributed by atoms with E-state index in [2.05, 4.69) is 9.97 Å². The Morgan fingerprint density at radius 1 is 0.885 bits per heavy atom. The molecule has 0 spiro atoms. The molecule has 0 fully saturated rings. The van der Waals surface area contributed by atoms with E-state index in [-0.39, 0.29) is 5.91 Å². The van der Waals surface area contributed by atoms with E-state index in [1.165, 1.54) is 11.8 Å². The Hall–Kier alpha value is -2.66. The van der Waals surface area contributed by atoms with Gasteiger partial charge in [0.25, 0.3) is 0 Å². The van der Waals surface area contributed by atoms with Gasteiger partial charge >= 0.3 is 0 Å². The number of para-hydroxylation sites is 2.